The summed E-state index contributed by atoms with van der Waals surface area (Å²) in [6.07, 6.45) is 0. The summed E-state index contributed by atoms with van der Waals surface area (Å²) in [4.78, 5) is 11.6. The van der Waals surface area contributed by atoms with E-state index in [2.05, 4.69) is 20.8 Å². The van der Waals surface area contributed by atoms with E-state index in [0.29, 0.717) is 0 Å². The van der Waals surface area contributed by atoms with Crippen molar-refractivity contribution in [1.29, 1.82) is 0 Å². The second kappa shape index (κ2) is 6.05. The van der Waals surface area contributed by atoms with E-state index in [9.17, 15) is 4.79 Å². The van der Waals surface area contributed by atoms with Crippen molar-refractivity contribution in [1.82, 2.24) is 15.5 Å². The lowest BCUT2D eigenvalue weighted by Gasteiger charge is -2.12. The molecular weight excluding hydrogens is 244 g/mol. The number of thioether (sulfide) groups is 1. The first-order valence-electron chi connectivity index (χ1n) is 5.01. The van der Waals surface area contributed by atoms with Gasteiger partial charge in [-0.1, -0.05) is 23.1 Å². The number of nitrogens with zero attached hydrogens (tertiary/aromatic N) is 2. The van der Waals surface area contributed by atoms with Gasteiger partial charge in [0.05, 0.1) is 5.25 Å². The Kier molecular flexibility index (Phi) is 5.01. The summed E-state index contributed by atoms with van der Waals surface area (Å²) < 4.78 is 0.802. The molecule has 0 aliphatic heterocycles. The predicted molar refractivity (Wildman–Crippen MR) is 68.1 cm³/mol. The highest BCUT2D eigenvalue weighted by Crippen LogP contribution is 2.28. The lowest BCUT2D eigenvalue weighted by Crippen LogP contribution is -2.35. The van der Waals surface area contributed by atoms with E-state index in [0.717, 1.165) is 9.47 Å². The Labute approximate surface area is 103 Å². The summed E-state index contributed by atoms with van der Waals surface area (Å²) in [5, 5.41) is 14.3. The lowest BCUT2D eigenvalue weighted by molar-refractivity contribution is -0.120. The van der Waals surface area contributed by atoms with E-state index < -0.39 is 0 Å². The minimum absolute atomic E-state index is 0.0289. The number of rotatable bonds is 5. The summed E-state index contributed by atoms with van der Waals surface area (Å²) in [5.74, 6) is 0.0289. The number of carbonyl (C=O) groups excluding carboxylic acids is 1. The highest BCUT2D eigenvalue weighted by Gasteiger charge is 2.17. The summed E-state index contributed by atoms with van der Waals surface area (Å²) >= 11 is 2.87. The molecule has 0 fully saturated rings. The van der Waals surface area contributed by atoms with Crippen molar-refractivity contribution in [3.8, 4) is 0 Å². The van der Waals surface area contributed by atoms with Crippen LogP contribution in [0.15, 0.2) is 4.34 Å². The van der Waals surface area contributed by atoms with Crippen LogP contribution in [-0.4, -0.2) is 34.4 Å². The maximum Gasteiger partial charge on any atom is 0.233 e. The van der Waals surface area contributed by atoms with E-state index in [1.807, 2.05) is 20.8 Å². The Bertz CT molecular complexity index is 353. The summed E-state index contributed by atoms with van der Waals surface area (Å²) in [5.41, 5.74) is 0. The second-order valence-corrected chi connectivity index (χ2v) is 6.11. The summed E-state index contributed by atoms with van der Waals surface area (Å²) in [7, 11) is 1.80. The number of nitrogens with one attached hydrogen (secondary N) is 2. The Morgan fingerprint density at radius 2 is 2.06 bits per heavy atom. The van der Waals surface area contributed by atoms with Crippen LogP contribution in [0.25, 0.3) is 0 Å². The zero-order valence-electron chi connectivity index (χ0n) is 9.77. The summed E-state index contributed by atoms with van der Waals surface area (Å²) in [6.45, 7) is 5.75. The fourth-order valence-corrected chi connectivity index (χ4v) is 2.82. The number of aromatic nitrogens is 2. The molecule has 16 heavy (non-hydrogen) atoms. The van der Waals surface area contributed by atoms with Gasteiger partial charge in [-0.25, -0.2) is 0 Å². The van der Waals surface area contributed by atoms with Crippen LogP contribution >= 0.6 is 23.1 Å². The SMILES string of the molecule is CNc1nnc(SC(C)C(=O)NC(C)C)s1. The Morgan fingerprint density at radius 1 is 1.38 bits per heavy atom. The van der Waals surface area contributed by atoms with Gasteiger partial charge in [-0.3, -0.25) is 4.79 Å². The van der Waals surface area contributed by atoms with Crippen LogP contribution in [0.3, 0.4) is 0 Å². The van der Waals surface area contributed by atoms with E-state index in [-0.39, 0.29) is 17.2 Å². The van der Waals surface area contributed by atoms with Gasteiger partial charge in [-0.05, 0) is 20.8 Å². The van der Waals surface area contributed by atoms with Crippen molar-refractivity contribution < 1.29 is 4.79 Å². The second-order valence-electron chi connectivity index (χ2n) is 3.55. The molecular formula is C9H16N4OS2. The van der Waals surface area contributed by atoms with Gasteiger partial charge in [0.1, 0.15) is 0 Å². The molecule has 0 bridgehead atoms. The van der Waals surface area contributed by atoms with Crippen LogP contribution < -0.4 is 10.6 Å². The van der Waals surface area contributed by atoms with Crippen molar-refractivity contribution in [2.75, 3.05) is 12.4 Å². The molecule has 0 aliphatic carbocycles. The fourth-order valence-electron chi connectivity index (χ4n) is 0.965. The molecule has 1 aromatic heterocycles. The molecule has 1 amide bonds. The molecule has 7 heteroatoms. The maximum absolute atomic E-state index is 11.6. The van der Waals surface area contributed by atoms with Gasteiger partial charge in [-0.2, -0.15) is 0 Å². The number of hydrogen-bond donors (Lipinski definition) is 2. The van der Waals surface area contributed by atoms with Crippen LogP contribution in [0, 0.1) is 0 Å². The maximum atomic E-state index is 11.6. The third kappa shape index (κ3) is 3.97. The molecule has 0 aromatic carbocycles. The van der Waals surface area contributed by atoms with Crippen LogP contribution in [0.5, 0.6) is 0 Å². The monoisotopic (exact) mass is 260 g/mol. The molecule has 1 aromatic rings. The van der Waals surface area contributed by atoms with Gasteiger partial charge in [-0.15, -0.1) is 10.2 Å². The fraction of sp³-hybridized carbons (Fsp3) is 0.667. The number of amides is 1. The Balaban J connectivity index is 2.50. The van der Waals surface area contributed by atoms with Crippen molar-refractivity contribution >= 4 is 34.1 Å². The van der Waals surface area contributed by atoms with Crippen molar-refractivity contribution in [2.45, 2.75) is 36.4 Å². The molecule has 1 heterocycles. The molecule has 0 spiro atoms. The number of carbonyl (C=O) groups is 1. The average Bonchev–Trinajstić information content (AvgIpc) is 2.64. The van der Waals surface area contributed by atoms with Gasteiger partial charge in [0, 0.05) is 13.1 Å². The lowest BCUT2D eigenvalue weighted by atomic mass is 10.3. The van der Waals surface area contributed by atoms with Gasteiger partial charge >= 0.3 is 0 Å². The number of hydrogen-bond acceptors (Lipinski definition) is 6. The molecule has 5 nitrogen and oxygen atoms in total. The van der Waals surface area contributed by atoms with Crippen molar-refractivity contribution in [2.24, 2.45) is 0 Å². The van der Waals surface area contributed by atoms with Crippen molar-refractivity contribution in [3.63, 3.8) is 0 Å². The molecule has 0 aliphatic rings. The third-order valence-electron chi connectivity index (χ3n) is 1.70. The van der Waals surface area contributed by atoms with E-state index >= 15 is 0 Å². The first kappa shape index (κ1) is 13.2. The predicted octanol–water partition coefficient (Wildman–Crippen LogP) is 1.58. The van der Waals surface area contributed by atoms with Crippen molar-refractivity contribution in [3.05, 3.63) is 0 Å². The molecule has 2 N–H and O–H groups in total. The number of anilines is 1. The molecule has 90 valence electrons. The molecule has 0 saturated heterocycles. The molecule has 0 radical (unpaired) electrons. The average molecular weight is 260 g/mol. The minimum Gasteiger partial charge on any atom is -0.363 e. The quantitative estimate of drug-likeness (QED) is 0.787. The van der Waals surface area contributed by atoms with Gasteiger partial charge in [0.2, 0.25) is 11.0 Å². The molecule has 1 unspecified atom stereocenters. The first-order chi connectivity index (χ1) is 7.52. The highest BCUT2D eigenvalue weighted by atomic mass is 32.2. The Morgan fingerprint density at radius 3 is 2.56 bits per heavy atom. The van der Waals surface area contributed by atoms with Crippen LogP contribution in [-0.2, 0) is 4.79 Å². The third-order valence-corrected chi connectivity index (χ3v) is 3.82. The van der Waals surface area contributed by atoms with Crippen LogP contribution in [0.2, 0.25) is 0 Å². The van der Waals surface area contributed by atoms with E-state index in [1.165, 1.54) is 23.1 Å². The van der Waals surface area contributed by atoms with Crippen LogP contribution in [0.4, 0.5) is 5.13 Å². The van der Waals surface area contributed by atoms with Gasteiger partial charge < -0.3 is 10.6 Å². The van der Waals surface area contributed by atoms with Gasteiger partial charge in [0.15, 0.2) is 4.34 Å². The highest BCUT2D eigenvalue weighted by molar-refractivity contribution is 8.02. The van der Waals surface area contributed by atoms with Gasteiger partial charge in [0.25, 0.3) is 0 Å². The zero-order chi connectivity index (χ0) is 12.1. The minimum atomic E-state index is -0.153. The smallest absolute Gasteiger partial charge is 0.233 e. The molecule has 1 atom stereocenters. The molecule has 0 saturated carbocycles. The first-order valence-corrected chi connectivity index (χ1v) is 6.70. The largest absolute Gasteiger partial charge is 0.363 e. The van der Waals surface area contributed by atoms with E-state index in [4.69, 9.17) is 0 Å². The normalized spacial score (nSPS) is 12.6. The topological polar surface area (TPSA) is 66.9 Å². The zero-order valence-corrected chi connectivity index (χ0v) is 11.4. The van der Waals surface area contributed by atoms with E-state index in [1.54, 1.807) is 7.05 Å². The standard InChI is InChI=1S/C9H16N4OS2/c1-5(2)11-7(14)6(3)15-9-13-12-8(10-4)16-9/h5-6H,1-4H3,(H,10,12)(H,11,14). The molecule has 1 rings (SSSR count). The summed E-state index contributed by atoms with van der Waals surface area (Å²) in [6, 6.07) is 0.165. The Hall–Kier alpha value is -0.820. The van der Waals surface area contributed by atoms with Crippen LogP contribution in [0.1, 0.15) is 20.8 Å².